The van der Waals surface area contributed by atoms with Gasteiger partial charge in [0.2, 0.25) is 5.91 Å². The van der Waals surface area contributed by atoms with E-state index in [4.69, 9.17) is 15.5 Å². The van der Waals surface area contributed by atoms with Crippen LogP contribution in [0.1, 0.15) is 87.2 Å². The first-order chi connectivity index (χ1) is 31.0. The Morgan fingerprint density at radius 3 is 2.42 bits per heavy atom. The van der Waals surface area contributed by atoms with Gasteiger partial charge in [0, 0.05) is 66.5 Å². The number of fused-ring (bicyclic) bond motifs is 1. The highest BCUT2D eigenvalue weighted by Gasteiger charge is 2.49. The SMILES string of the molecule is COc1ccc(C(=O)N2CC3(CCN(Cc4ccccc4C4(c5c(F)ccc(C)c5-c5c(C(C)(C)O)ccc(C(N)=O)c5F)N=CNc5[nH]ccc54)CC3)C2)cc1N1CCC(=O)NC1=O. The maximum Gasteiger partial charge on any atom is 0.328 e. The Hall–Kier alpha value is -6.91. The first-order valence-electron chi connectivity index (χ1n) is 21.6. The van der Waals surface area contributed by atoms with Gasteiger partial charge in [-0.25, -0.2) is 13.6 Å². The number of nitrogens with zero attached hydrogens (tertiary/aromatic N) is 4. The number of hydrogen-bond donors (Lipinski definition) is 5. The average Bonchev–Trinajstić information content (AvgIpc) is 3.76. The Balaban J connectivity index is 1.02. The van der Waals surface area contributed by atoms with E-state index >= 15 is 8.78 Å². The number of anilines is 2. The first kappa shape index (κ1) is 43.3. The molecule has 5 amide bonds. The summed E-state index contributed by atoms with van der Waals surface area (Å²) in [6.07, 6.45) is 5.03. The molecule has 4 aliphatic heterocycles. The fraction of sp³-hybridized carbons (Fsp3) is 0.327. The molecule has 0 bridgehead atoms. The molecular weight excluding hydrogens is 835 g/mol. The number of aromatic amines is 1. The van der Waals surface area contributed by atoms with E-state index in [0.717, 1.165) is 31.5 Å². The van der Waals surface area contributed by atoms with Crippen LogP contribution in [0.4, 0.5) is 25.1 Å². The molecule has 1 spiro atoms. The van der Waals surface area contributed by atoms with Crippen molar-refractivity contribution in [2.75, 3.05) is 50.1 Å². The van der Waals surface area contributed by atoms with Crippen molar-refractivity contribution >= 4 is 41.6 Å². The normalized spacial score (nSPS) is 19.4. The van der Waals surface area contributed by atoms with E-state index in [2.05, 4.69) is 20.5 Å². The zero-order chi connectivity index (χ0) is 46.0. The third kappa shape index (κ3) is 7.39. The maximum absolute atomic E-state index is 17.3. The molecule has 5 aromatic rings. The lowest BCUT2D eigenvalue weighted by molar-refractivity contribution is -0.120. The Morgan fingerprint density at radius 2 is 1.71 bits per heavy atom. The number of aliphatic hydroxyl groups is 1. The number of nitrogens with two attached hydrogens (primary N) is 1. The van der Waals surface area contributed by atoms with Gasteiger partial charge in [0.25, 0.3) is 11.8 Å². The van der Waals surface area contributed by atoms with E-state index in [9.17, 15) is 24.3 Å². The smallest absolute Gasteiger partial charge is 0.328 e. The maximum atomic E-state index is 17.3. The quantitative estimate of drug-likeness (QED) is 0.105. The number of halogens is 2. The monoisotopic (exact) mass is 884 g/mol. The van der Waals surface area contributed by atoms with Crippen LogP contribution in [0.5, 0.6) is 5.75 Å². The minimum Gasteiger partial charge on any atom is -0.495 e. The number of likely N-dealkylation sites (tertiary alicyclic amines) is 2. The van der Waals surface area contributed by atoms with E-state index in [1.807, 2.05) is 35.2 Å². The second-order valence-corrected chi connectivity index (χ2v) is 18.0. The minimum absolute atomic E-state index is 0.0460. The Kier molecular flexibility index (Phi) is 10.8. The number of urea groups is 1. The lowest BCUT2D eigenvalue weighted by atomic mass is 9.70. The number of carbonyl (C=O) groups excluding carboxylic acids is 4. The first-order valence-corrected chi connectivity index (χ1v) is 21.6. The standard InChI is InChI=1S/C49H50F2N8O6/c1-28-9-13-35(50)41(39(28)40-33(47(2,3)64)12-11-31(42(40)51)43(52)61)49(34-15-19-53-44(34)54-27-55-49)32-8-6-5-7-30(32)24-57-21-17-48(18-22-57)25-58(26-48)45(62)29-10-14-37(65-4)36(23-29)59-20-16-38(60)56-46(59)63/h5-15,19,23,27,53,64H,16-18,20-22,24-26H2,1-4H3,(H2,52,61)(H,54,55)(H,56,60,63). The van der Waals surface area contributed by atoms with Gasteiger partial charge in [-0.3, -0.25) is 34.5 Å². The van der Waals surface area contributed by atoms with Crippen LogP contribution >= 0.6 is 0 Å². The van der Waals surface area contributed by atoms with Crippen molar-refractivity contribution in [1.82, 2.24) is 20.1 Å². The van der Waals surface area contributed by atoms with E-state index in [1.54, 1.807) is 37.4 Å². The summed E-state index contributed by atoms with van der Waals surface area (Å²) in [6, 6.07) is 19.5. The summed E-state index contributed by atoms with van der Waals surface area (Å²) in [6.45, 7) is 8.00. The number of hydrogen-bond acceptors (Lipinski definition) is 9. The van der Waals surface area contributed by atoms with E-state index in [-0.39, 0.29) is 52.4 Å². The molecule has 9 rings (SSSR count). The van der Waals surface area contributed by atoms with Crippen LogP contribution in [0.3, 0.4) is 0 Å². The average molecular weight is 885 g/mol. The number of carbonyl (C=O) groups is 4. The van der Waals surface area contributed by atoms with Gasteiger partial charge in [0.1, 0.15) is 28.7 Å². The second kappa shape index (κ2) is 16.3. The van der Waals surface area contributed by atoms with E-state index < -0.39 is 40.3 Å². The van der Waals surface area contributed by atoms with Gasteiger partial charge in [-0.05, 0) is 111 Å². The van der Waals surface area contributed by atoms with Crippen molar-refractivity contribution < 1.29 is 37.8 Å². The molecule has 0 saturated carbocycles. The molecule has 336 valence electrons. The molecule has 6 N–H and O–H groups in total. The van der Waals surface area contributed by atoms with Gasteiger partial charge >= 0.3 is 6.03 Å². The van der Waals surface area contributed by atoms with Crippen molar-refractivity contribution in [2.24, 2.45) is 16.1 Å². The van der Waals surface area contributed by atoms with Gasteiger partial charge in [0.15, 0.2) is 0 Å². The van der Waals surface area contributed by atoms with Crippen LogP contribution in [0.2, 0.25) is 0 Å². The fourth-order valence-corrected chi connectivity index (χ4v) is 10.2. The van der Waals surface area contributed by atoms with Crippen molar-refractivity contribution in [2.45, 2.75) is 57.7 Å². The number of amides is 5. The van der Waals surface area contributed by atoms with Gasteiger partial charge in [-0.1, -0.05) is 36.4 Å². The van der Waals surface area contributed by atoms with Gasteiger partial charge in [-0.2, -0.15) is 0 Å². The lowest BCUT2D eigenvalue weighted by Gasteiger charge is -2.54. The van der Waals surface area contributed by atoms with Crippen LogP contribution < -0.4 is 26.0 Å². The van der Waals surface area contributed by atoms with Crippen molar-refractivity contribution in [3.8, 4) is 16.9 Å². The molecule has 4 aromatic carbocycles. The largest absolute Gasteiger partial charge is 0.495 e. The number of piperidine rings is 1. The third-order valence-corrected chi connectivity index (χ3v) is 13.5. The Bertz CT molecular complexity index is 2800. The van der Waals surface area contributed by atoms with Crippen LogP contribution in [0.25, 0.3) is 11.1 Å². The lowest BCUT2D eigenvalue weighted by Crippen LogP contribution is -2.61. The summed E-state index contributed by atoms with van der Waals surface area (Å²) in [5.41, 5.74) is 5.63. The number of primary amides is 1. The van der Waals surface area contributed by atoms with Gasteiger partial charge < -0.3 is 30.8 Å². The van der Waals surface area contributed by atoms with Gasteiger partial charge in [-0.15, -0.1) is 0 Å². The summed E-state index contributed by atoms with van der Waals surface area (Å²) in [5, 5.41) is 16.9. The highest BCUT2D eigenvalue weighted by Crippen LogP contribution is 2.53. The molecule has 1 atom stereocenters. The predicted octanol–water partition coefficient (Wildman–Crippen LogP) is 6.53. The molecule has 65 heavy (non-hydrogen) atoms. The number of imide groups is 1. The summed E-state index contributed by atoms with van der Waals surface area (Å²) in [5.74, 6) is -2.17. The molecular formula is C49H50F2N8O6. The zero-order valence-electron chi connectivity index (χ0n) is 36.6. The minimum atomic E-state index is -1.62. The number of methoxy groups -OCH3 is 1. The molecule has 0 radical (unpaired) electrons. The zero-order valence-corrected chi connectivity index (χ0v) is 36.6. The molecule has 14 nitrogen and oxygen atoms in total. The van der Waals surface area contributed by atoms with E-state index in [1.165, 1.54) is 50.4 Å². The fourth-order valence-electron chi connectivity index (χ4n) is 10.2. The summed E-state index contributed by atoms with van der Waals surface area (Å²) in [4.78, 5) is 64.8. The molecule has 4 aliphatic rings. The molecule has 5 heterocycles. The number of H-pyrrole nitrogens is 1. The van der Waals surface area contributed by atoms with Crippen LogP contribution in [-0.2, 0) is 22.5 Å². The third-order valence-electron chi connectivity index (χ3n) is 13.5. The van der Waals surface area contributed by atoms with Crippen molar-refractivity contribution in [1.29, 1.82) is 0 Å². The number of nitrogens with one attached hydrogen (secondary N) is 3. The summed E-state index contributed by atoms with van der Waals surface area (Å²) < 4.78 is 39.7. The van der Waals surface area contributed by atoms with Crippen molar-refractivity contribution in [3.63, 3.8) is 0 Å². The highest BCUT2D eigenvalue weighted by atomic mass is 19.1. The number of benzene rings is 4. The number of rotatable bonds is 10. The number of aryl methyl sites for hydroxylation is 1. The number of aromatic nitrogens is 1. The predicted molar refractivity (Wildman–Crippen MR) is 241 cm³/mol. The van der Waals surface area contributed by atoms with Crippen molar-refractivity contribution in [3.05, 3.63) is 135 Å². The molecule has 3 saturated heterocycles. The molecule has 3 fully saturated rings. The molecule has 0 aliphatic carbocycles. The van der Waals surface area contributed by atoms with Gasteiger partial charge in [0.05, 0.1) is 30.3 Å². The summed E-state index contributed by atoms with van der Waals surface area (Å²) >= 11 is 0. The Labute approximate surface area is 374 Å². The number of aliphatic imine (C=N–C) groups is 1. The molecule has 16 heteroatoms. The highest BCUT2D eigenvalue weighted by molar-refractivity contribution is 6.07. The molecule has 1 unspecified atom stereocenters. The van der Waals surface area contributed by atoms with Crippen LogP contribution in [0.15, 0.2) is 84.0 Å². The topological polar surface area (TPSA) is 186 Å². The Morgan fingerprint density at radius 1 is 0.954 bits per heavy atom. The second-order valence-electron chi connectivity index (χ2n) is 18.0. The number of ether oxygens (including phenoxy) is 1. The summed E-state index contributed by atoms with van der Waals surface area (Å²) in [7, 11) is 1.49. The van der Waals surface area contributed by atoms with E-state index in [0.29, 0.717) is 59.1 Å². The van der Waals surface area contributed by atoms with Crippen LogP contribution in [-0.4, -0.2) is 89.8 Å². The molecule has 1 aromatic heterocycles. The van der Waals surface area contributed by atoms with Crippen LogP contribution in [0, 0.1) is 24.0 Å².